The summed E-state index contributed by atoms with van der Waals surface area (Å²) in [6.07, 6.45) is 0.957. The van der Waals surface area contributed by atoms with Crippen LogP contribution in [0.2, 0.25) is 0 Å². The van der Waals surface area contributed by atoms with Crippen LogP contribution in [0, 0.1) is 0 Å². The quantitative estimate of drug-likeness (QED) is 0.847. The number of nitrogens with zero attached hydrogens (tertiary/aromatic N) is 1. The Labute approximate surface area is 116 Å². The van der Waals surface area contributed by atoms with Crippen molar-refractivity contribution in [2.24, 2.45) is 0 Å². The van der Waals surface area contributed by atoms with Gasteiger partial charge in [0.05, 0.1) is 11.3 Å². The predicted molar refractivity (Wildman–Crippen MR) is 77.4 cm³/mol. The van der Waals surface area contributed by atoms with Gasteiger partial charge in [-0.05, 0) is 62.0 Å². The summed E-state index contributed by atoms with van der Waals surface area (Å²) in [5.74, 6) is -0.926. The lowest BCUT2D eigenvalue weighted by molar-refractivity contribution is 0.0697. The molecule has 18 heavy (non-hydrogen) atoms. The van der Waals surface area contributed by atoms with Crippen LogP contribution in [-0.4, -0.2) is 42.7 Å². The minimum atomic E-state index is -0.926. The number of nitrogens with one attached hydrogen (secondary N) is 1. The van der Waals surface area contributed by atoms with Crippen LogP contribution in [0.3, 0.4) is 0 Å². The van der Waals surface area contributed by atoms with Gasteiger partial charge in [0.15, 0.2) is 0 Å². The van der Waals surface area contributed by atoms with E-state index in [2.05, 4.69) is 33.1 Å². The van der Waals surface area contributed by atoms with Crippen LogP contribution in [-0.2, 0) is 0 Å². The molecule has 1 aromatic carbocycles. The molecule has 0 aliphatic rings. The largest absolute Gasteiger partial charge is 0.478 e. The monoisotopic (exact) mass is 314 g/mol. The minimum absolute atomic E-state index is 0.222. The smallest absolute Gasteiger partial charge is 0.338 e. The van der Waals surface area contributed by atoms with Gasteiger partial charge in [-0.25, -0.2) is 4.79 Å². The van der Waals surface area contributed by atoms with Gasteiger partial charge in [-0.1, -0.05) is 6.07 Å². The van der Waals surface area contributed by atoms with Crippen molar-refractivity contribution in [3.05, 3.63) is 28.2 Å². The van der Waals surface area contributed by atoms with E-state index in [-0.39, 0.29) is 11.6 Å². The van der Waals surface area contributed by atoms with E-state index in [0.717, 1.165) is 13.0 Å². The van der Waals surface area contributed by atoms with Crippen LogP contribution >= 0.6 is 15.9 Å². The maximum absolute atomic E-state index is 11.2. The molecule has 0 saturated carbocycles. The molecule has 4 nitrogen and oxygen atoms in total. The van der Waals surface area contributed by atoms with E-state index in [0.29, 0.717) is 10.2 Å². The first-order valence-electron chi connectivity index (χ1n) is 5.85. The number of halogens is 1. The maximum Gasteiger partial charge on any atom is 0.338 e. The average molecular weight is 315 g/mol. The molecule has 100 valence electrons. The van der Waals surface area contributed by atoms with Crippen molar-refractivity contribution in [3.8, 4) is 0 Å². The lowest BCUT2D eigenvalue weighted by Crippen LogP contribution is -2.23. The molecule has 0 radical (unpaired) electrons. The van der Waals surface area contributed by atoms with Gasteiger partial charge < -0.3 is 15.3 Å². The van der Waals surface area contributed by atoms with Crippen molar-refractivity contribution in [2.45, 2.75) is 19.4 Å². The summed E-state index contributed by atoms with van der Waals surface area (Å²) in [6, 6.07) is 5.58. The van der Waals surface area contributed by atoms with Gasteiger partial charge in [-0.3, -0.25) is 0 Å². The molecule has 0 spiro atoms. The third kappa shape index (κ3) is 4.31. The van der Waals surface area contributed by atoms with E-state index in [1.807, 2.05) is 20.2 Å². The van der Waals surface area contributed by atoms with E-state index in [4.69, 9.17) is 0 Å². The fraction of sp³-hybridized carbons (Fsp3) is 0.462. The molecular weight excluding hydrogens is 296 g/mol. The highest BCUT2D eigenvalue weighted by Crippen LogP contribution is 2.25. The zero-order valence-corrected chi connectivity index (χ0v) is 12.5. The molecule has 0 bridgehead atoms. The number of rotatable bonds is 6. The van der Waals surface area contributed by atoms with Crippen LogP contribution in [0.15, 0.2) is 22.7 Å². The van der Waals surface area contributed by atoms with Crippen molar-refractivity contribution < 1.29 is 9.90 Å². The number of carbonyl (C=O) groups is 1. The topological polar surface area (TPSA) is 52.6 Å². The molecule has 0 amide bonds. The molecule has 2 N–H and O–H groups in total. The summed E-state index contributed by atoms with van der Waals surface area (Å²) in [4.78, 5) is 13.3. The van der Waals surface area contributed by atoms with Crippen molar-refractivity contribution in [1.29, 1.82) is 0 Å². The molecule has 0 saturated heterocycles. The number of carboxylic acids is 1. The van der Waals surface area contributed by atoms with Crippen molar-refractivity contribution in [2.75, 3.05) is 26.0 Å². The maximum atomic E-state index is 11.2. The Morgan fingerprint density at radius 2 is 2.17 bits per heavy atom. The number of hydrogen-bond donors (Lipinski definition) is 2. The van der Waals surface area contributed by atoms with E-state index < -0.39 is 5.97 Å². The van der Waals surface area contributed by atoms with Crippen LogP contribution < -0.4 is 5.32 Å². The summed E-state index contributed by atoms with van der Waals surface area (Å²) in [7, 11) is 4.04. The lowest BCUT2D eigenvalue weighted by Gasteiger charge is -2.19. The Morgan fingerprint density at radius 1 is 1.50 bits per heavy atom. The number of carboxylic acid groups (broad SMARTS) is 1. The minimum Gasteiger partial charge on any atom is -0.478 e. The summed E-state index contributed by atoms with van der Waals surface area (Å²) in [6.45, 7) is 3.01. The van der Waals surface area contributed by atoms with Gasteiger partial charge in [0, 0.05) is 10.5 Å². The van der Waals surface area contributed by atoms with Crippen LogP contribution in [0.4, 0.5) is 5.69 Å². The third-order valence-electron chi connectivity index (χ3n) is 2.64. The van der Waals surface area contributed by atoms with E-state index in [1.165, 1.54) is 0 Å². The Kier molecular flexibility index (Phi) is 5.62. The second-order valence-corrected chi connectivity index (χ2v) is 5.46. The van der Waals surface area contributed by atoms with Crippen molar-refractivity contribution in [1.82, 2.24) is 4.90 Å². The van der Waals surface area contributed by atoms with Gasteiger partial charge in [-0.15, -0.1) is 0 Å². The Bertz CT molecular complexity index is 421. The summed E-state index contributed by atoms with van der Waals surface area (Å²) in [5.41, 5.74) is 0.942. The standard InChI is InChI=1S/C13H19BrN2O2/c1-9(7-8-16(2)3)15-11-6-4-5-10(14)12(11)13(17)18/h4-6,9,15H,7-8H2,1-3H3,(H,17,18). The number of benzene rings is 1. The highest BCUT2D eigenvalue weighted by molar-refractivity contribution is 9.10. The van der Waals surface area contributed by atoms with Crippen LogP contribution in [0.5, 0.6) is 0 Å². The summed E-state index contributed by atoms with van der Waals surface area (Å²) < 4.78 is 0.597. The fourth-order valence-corrected chi connectivity index (χ4v) is 2.19. The molecule has 0 aliphatic carbocycles. The molecular formula is C13H19BrN2O2. The Hall–Kier alpha value is -1.07. The second-order valence-electron chi connectivity index (χ2n) is 4.60. The summed E-state index contributed by atoms with van der Waals surface area (Å²) >= 11 is 3.27. The van der Waals surface area contributed by atoms with Gasteiger partial charge in [0.1, 0.15) is 0 Å². The Morgan fingerprint density at radius 3 is 2.72 bits per heavy atom. The molecule has 1 rings (SSSR count). The van der Waals surface area contributed by atoms with Gasteiger partial charge in [-0.2, -0.15) is 0 Å². The predicted octanol–water partition coefficient (Wildman–Crippen LogP) is 2.90. The van der Waals surface area contributed by atoms with E-state index in [1.54, 1.807) is 12.1 Å². The molecule has 0 aromatic heterocycles. The fourth-order valence-electron chi connectivity index (χ4n) is 1.65. The molecule has 5 heteroatoms. The first-order chi connectivity index (χ1) is 8.41. The molecule has 0 fully saturated rings. The molecule has 1 atom stereocenters. The first kappa shape index (κ1) is 15.0. The number of hydrogen-bond acceptors (Lipinski definition) is 3. The van der Waals surface area contributed by atoms with Crippen LogP contribution in [0.25, 0.3) is 0 Å². The lowest BCUT2D eigenvalue weighted by atomic mass is 10.1. The summed E-state index contributed by atoms with van der Waals surface area (Å²) in [5, 5.41) is 12.4. The number of aromatic carboxylic acids is 1. The van der Waals surface area contributed by atoms with E-state index >= 15 is 0 Å². The zero-order chi connectivity index (χ0) is 13.7. The highest BCUT2D eigenvalue weighted by Gasteiger charge is 2.15. The first-order valence-corrected chi connectivity index (χ1v) is 6.64. The molecule has 0 heterocycles. The molecule has 0 aliphatic heterocycles. The highest BCUT2D eigenvalue weighted by atomic mass is 79.9. The third-order valence-corrected chi connectivity index (χ3v) is 3.30. The van der Waals surface area contributed by atoms with Gasteiger partial charge >= 0.3 is 5.97 Å². The van der Waals surface area contributed by atoms with Crippen molar-refractivity contribution in [3.63, 3.8) is 0 Å². The average Bonchev–Trinajstić information content (AvgIpc) is 2.26. The number of anilines is 1. The molecule has 1 aromatic rings. The molecule has 1 unspecified atom stereocenters. The van der Waals surface area contributed by atoms with Gasteiger partial charge in [0.25, 0.3) is 0 Å². The van der Waals surface area contributed by atoms with Gasteiger partial charge in [0.2, 0.25) is 0 Å². The van der Waals surface area contributed by atoms with E-state index in [9.17, 15) is 9.90 Å². The van der Waals surface area contributed by atoms with Crippen molar-refractivity contribution >= 4 is 27.6 Å². The normalized spacial score (nSPS) is 12.5. The Balaban J connectivity index is 2.78. The van der Waals surface area contributed by atoms with Crippen LogP contribution in [0.1, 0.15) is 23.7 Å². The second kappa shape index (κ2) is 6.75. The SMILES string of the molecule is CC(CCN(C)C)Nc1cccc(Br)c1C(=O)O. The zero-order valence-electron chi connectivity index (χ0n) is 10.9.